The maximum Gasteiger partial charge on any atom is 0.343 e. The predicted octanol–water partition coefficient (Wildman–Crippen LogP) is 9.72. The highest BCUT2D eigenvalue weighted by Crippen LogP contribution is 2.38. The monoisotopic (exact) mass is 708 g/mol. The van der Waals surface area contributed by atoms with E-state index in [9.17, 15) is 9.59 Å². The number of methoxy groups -OCH3 is 1. The van der Waals surface area contributed by atoms with Crippen molar-refractivity contribution in [3.63, 3.8) is 0 Å². The van der Waals surface area contributed by atoms with Crippen LogP contribution in [0.1, 0.15) is 63.7 Å². The van der Waals surface area contributed by atoms with Gasteiger partial charge in [-0.25, -0.2) is 4.79 Å². The summed E-state index contributed by atoms with van der Waals surface area (Å²) in [5, 5.41) is 0. The number of hydrogen-bond donors (Lipinski definition) is 0. The van der Waals surface area contributed by atoms with Gasteiger partial charge in [0.1, 0.15) is 11.5 Å². The van der Waals surface area contributed by atoms with Crippen molar-refractivity contribution < 1.29 is 27.3 Å². The first-order chi connectivity index (χ1) is 21.4. The van der Waals surface area contributed by atoms with Crippen molar-refractivity contribution in [3.8, 4) is 11.5 Å². The first-order valence-corrected chi connectivity index (χ1v) is 29.5. The molecule has 0 saturated carbocycles. The zero-order chi connectivity index (χ0) is 35.6. The molecule has 0 spiro atoms. The zero-order valence-corrected chi connectivity index (χ0v) is 35.1. The van der Waals surface area contributed by atoms with Crippen LogP contribution in [-0.2, 0) is 25.7 Å². The molecular formula is C37H56O6Si4. The first kappa shape index (κ1) is 38.8. The van der Waals surface area contributed by atoms with Gasteiger partial charge in [0.05, 0.1) is 12.7 Å². The number of ether oxygens (including phenoxy) is 2. The van der Waals surface area contributed by atoms with Crippen LogP contribution in [0.5, 0.6) is 11.5 Å². The second-order valence-electron chi connectivity index (χ2n) is 16.3. The molecule has 0 aromatic heterocycles. The molecule has 0 radical (unpaired) electrons. The van der Waals surface area contributed by atoms with Crippen LogP contribution in [0.4, 0.5) is 0 Å². The first-order valence-electron chi connectivity index (χ1n) is 16.5. The van der Waals surface area contributed by atoms with E-state index >= 15 is 0 Å². The van der Waals surface area contributed by atoms with Gasteiger partial charge in [0.15, 0.2) is 39.1 Å². The van der Waals surface area contributed by atoms with E-state index in [0.717, 1.165) is 22.9 Å². The summed E-state index contributed by atoms with van der Waals surface area (Å²) in [6, 6.07) is 20.9. The van der Waals surface area contributed by atoms with Crippen LogP contribution in [0.2, 0.25) is 65.5 Å². The van der Waals surface area contributed by atoms with Gasteiger partial charge in [-0.05, 0) is 131 Å². The highest BCUT2D eigenvalue weighted by molar-refractivity contribution is 6.84. The lowest BCUT2D eigenvalue weighted by molar-refractivity contribution is 0.0732. The Morgan fingerprint density at radius 3 is 1.43 bits per heavy atom. The molecule has 47 heavy (non-hydrogen) atoms. The lowest BCUT2D eigenvalue weighted by Gasteiger charge is -2.33. The molecule has 10 heteroatoms. The Balaban J connectivity index is 2.06. The Hall–Kier alpha value is -2.61. The van der Waals surface area contributed by atoms with Gasteiger partial charge in [-0.3, -0.25) is 4.79 Å². The summed E-state index contributed by atoms with van der Waals surface area (Å²) >= 11 is 0. The Morgan fingerprint density at radius 1 is 0.617 bits per heavy atom. The van der Waals surface area contributed by atoms with Crippen molar-refractivity contribution in [1.29, 1.82) is 0 Å². The summed E-state index contributed by atoms with van der Waals surface area (Å²) in [7, 11) is -5.95. The lowest BCUT2D eigenvalue weighted by Crippen LogP contribution is -2.44. The summed E-state index contributed by atoms with van der Waals surface area (Å²) in [6.45, 7) is 28.4. The van der Waals surface area contributed by atoms with Gasteiger partial charge in [-0.15, -0.1) is 0 Å². The van der Waals surface area contributed by atoms with Gasteiger partial charge in [0, 0.05) is 11.0 Å². The molecule has 0 saturated heterocycles. The van der Waals surface area contributed by atoms with Crippen molar-refractivity contribution in [2.24, 2.45) is 0 Å². The number of rotatable bonds is 14. The van der Waals surface area contributed by atoms with Crippen LogP contribution in [0.25, 0.3) is 0 Å². The molecule has 0 aliphatic heterocycles. The van der Waals surface area contributed by atoms with E-state index in [1.165, 1.54) is 18.1 Å². The number of ketones is 1. The van der Waals surface area contributed by atoms with Crippen molar-refractivity contribution >= 4 is 45.0 Å². The topological polar surface area (TPSA) is 71.1 Å². The molecule has 0 heterocycles. The molecule has 0 unspecified atom stereocenters. The van der Waals surface area contributed by atoms with Crippen LogP contribution in [0, 0.1) is 0 Å². The fraction of sp³-hybridized carbons (Fsp3) is 0.459. The number of esters is 1. The second-order valence-corrected chi connectivity index (χ2v) is 34.1. The zero-order valence-electron chi connectivity index (χ0n) is 31.1. The molecule has 3 aromatic carbocycles. The number of carbonyl (C=O) groups excluding carboxylic acids is 2. The van der Waals surface area contributed by atoms with Crippen LogP contribution in [0.3, 0.4) is 0 Å². The molecule has 0 aliphatic carbocycles. The molecule has 0 aliphatic rings. The average molecular weight is 709 g/mol. The summed E-state index contributed by atoms with van der Waals surface area (Å²) in [6.07, 6.45) is 0. The number of hydrogen-bond acceptors (Lipinski definition) is 6. The largest absolute Gasteiger partial charge is 0.496 e. The number of benzene rings is 3. The second kappa shape index (κ2) is 14.5. The third-order valence-electron chi connectivity index (χ3n) is 7.91. The van der Waals surface area contributed by atoms with Crippen LogP contribution >= 0.6 is 0 Å². The maximum atomic E-state index is 13.3. The van der Waals surface area contributed by atoms with E-state index < -0.39 is 39.2 Å². The molecule has 3 rings (SSSR count). The van der Waals surface area contributed by atoms with Crippen molar-refractivity contribution in [1.82, 2.24) is 0 Å². The maximum absolute atomic E-state index is 13.3. The summed E-state index contributed by atoms with van der Waals surface area (Å²) in [5.74, 6) is 0.928. The van der Waals surface area contributed by atoms with Gasteiger partial charge >= 0.3 is 5.97 Å². The molecular weight excluding hydrogens is 653 g/mol. The van der Waals surface area contributed by atoms with E-state index in [4.69, 9.17) is 17.7 Å². The molecule has 0 bridgehead atoms. The third kappa shape index (κ3) is 11.2. The van der Waals surface area contributed by atoms with E-state index in [1.54, 1.807) is 31.4 Å². The van der Waals surface area contributed by atoms with E-state index in [-0.39, 0.29) is 11.2 Å². The standard InChI is InChI=1S/C37H56O6Si4/c1-27(38)28-15-17-29(18-16-28)36(39)41-35-22-20-33(24-31(35)26-47(13,14)43-45(8,9)10)37(2,3)32-19-21-34(40-4)30(23-32)25-46(11,12)42-44(5,6)7/h15-24H,25-26H2,1-14H3. The molecule has 0 amide bonds. The fourth-order valence-electron chi connectivity index (χ4n) is 6.33. The van der Waals surface area contributed by atoms with E-state index in [0.29, 0.717) is 22.9 Å². The van der Waals surface area contributed by atoms with E-state index in [1.807, 2.05) is 6.07 Å². The van der Waals surface area contributed by atoms with Gasteiger partial charge in [-0.1, -0.05) is 50.2 Å². The average Bonchev–Trinajstić information content (AvgIpc) is 2.90. The predicted molar refractivity (Wildman–Crippen MR) is 204 cm³/mol. The minimum Gasteiger partial charge on any atom is -0.496 e. The highest BCUT2D eigenvalue weighted by atomic mass is 28.4. The minimum atomic E-state index is -2.18. The molecule has 6 nitrogen and oxygen atoms in total. The molecule has 0 fully saturated rings. The van der Waals surface area contributed by atoms with Gasteiger partial charge in [0.25, 0.3) is 0 Å². The van der Waals surface area contributed by atoms with Crippen LogP contribution < -0.4 is 9.47 Å². The smallest absolute Gasteiger partial charge is 0.343 e. The third-order valence-corrected chi connectivity index (χ3v) is 19.7. The Labute approximate surface area is 287 Å². The van der Waals surface area contributed by atoms with Gasteiger partial charge in [-0.2, -0.15) is 0 Å². The van der Waals surface area contributed by atoms with Crippen LogP contribution in [0.15, 0.2) is 60.7 Å². The van der Waals surface area contributed by atoms with Gasteiger partial charge < -0.3 is 17.7 Å². The van der Waals surface area contributed by atoms with Crippen molar-refractivity contribution in [2.75, 3.05) is 7.11 Å². The highest BCUT2D eigenvalue weighted by Gasteiger charge is 2.34. The molecule has 3 aromatic rings. The quantitative estimate of drug-likeness (QED) is 0.0719. The molecule has 0 N–H and O–H groups in total. The Morgan fingerprint density at radius 2 is 1.02 bits per heavy atom. The van der Waals surface area contributed by atoms with Gasteiger partial charge in [0.2, 0.25) is 0 Å². The molecule has 0 atom stereocenters. The van der Waals surface area contributed by atoms with E-state index in [2.05, 4.69) is 110 Å². The summed E-state index contributed by atoms with van der Waals surface area (Å²) < 4.78 is 25.3. The lowest BCUT2D eigenvalue weighted by atomic mass is 9.77. The number of carbonyl (C=O) groups is 2. The number of Topliss-reactive ketones (excluding diaryl/α,β-unsaturated/α-hetero) is 1. The minimum absolute atomic E-state index is 0.0466. The fourth-order valence-corrected chi connectivity index (χ4v) is 22.6. The Bertz CT molecular complexity index is 1580. The van der Waals surface area contributed by atoms with Crippen LogP contribution in [-0.4, -0.2) is 52.1 Å². The molecule has 256 valence electrons. The summed E-state index contributed by atoms with van der Waals surface area (Å²) in [5.41, 5.74) is 5.05. The van der Waals surface area contributed by atoms with Crippen molar-refractivity contribution in [3.05, 3.63) is 94.0 Å². The SMILES string of the molecule is COc1ccc(C(C)(C)c2ccc(OC(=O)c3ccc(C(C)=O)cc3)c(C[Si](C)(C)O[Si](C)(C)C)c2)cc1C[Si](C)(C)O[Si](C)(C)C. The normalized spacial score (nSPS) is 13.0. The summed E-state index contributed by atoms with van der Waals surface area (Å²) in [4.78, 5) is 25.0. The van der Waals surface area contributed by atoms with Crippen molar-refractivity contribution in [2.45, 2.75) is 104 Å². The Kier molecular flexibility index (Phi) is 12.0.